The van der Waals surface area contributed by atoms with E-state index in [2.05, 4.69) is 10.2 Å². The summed E-state index contributed by atoms with van der Waals surface area (Å²) >= 11 is 5.54. The molecule has 6 nitrogen and oxygen atoms in total. The number of nitrogens with one attached hydrogen (secondary N) is 1. The Bertz CT molecular complexity index is 956. The molecule has 2 aromatic rings. The van der Waals surface area contributed by atoms with Crippen LogP contribution in [0.5, 0.6) is 5.75 Å². The number of rotatable bonds is 6. The molecule has 0 unspecified atom stereocenters. The van der Waals surface area contributed by atoms with E-state index in [0.717, 1.165) is 44.3 Å². The number of carbonyl (C=O) groups excluding carboxylic acids is 1. The average molecular weight is 445 g/mol. The normalized spacial score (nSPS) is 15.1. The lowest BCUT2D eigenvalue weighted by molar-refractivity contribution is -0.137. The zero-order valence-electron chi connectivity index (χ0n) is 15.9. The number of carbonyl (C=O) groups is 1. The SMILES string of the molecule is O=C(COc1coc(CN2CCCCC2)cc1=O)Nc1ccc(Cl)c(C(F)(F)F)c1. The minimum Gasteiger partial charge on any atom is -0.477 e. The molecule has 1 aromatic carbocycles. The molecule has 0 spiro atoms. The van der Waals surface area contributed by atoms with Gasteiger partial charge in [0.1, 0.15) is 12.0 Å². The van der Waals surface area contributed by atoms with E-state index in [1.54, 1.807) is 0 Å². The van der Waals surface area contributed by atoms with Crippen molar-refractivity contribution in [2.24, 2.45) is 0 Å². The van der Waals surface area contributed by atoms with E-state index in [1.807, 2.05) is 0 Å². The number of hydrogen-bond acceptors (Lipinski definition) is 5. The molecule has 0 atom stereocenters. The Morgan fingerprint density at radius 2 is 1.93 bits per heavy atom. The van der Waals surface area contributed by atoms with Crippen molar-refractivity contribution in [3.05, 3.63) is 57.1 Å². The zero-order chi connectivity index (χ0) is 21.7. The Kier molecular flexibility index (Phi) is 7.04. The van der Waals surface area contributed by atoms with Crippen molar-refractivity contribution in [2.75, 3.05) is 25.0 Å². The number of alkyl halides is 3. The highest BCUT2D eigenvalue weighted by Crippen LogP contribution is 2.36. The van der Waals surface area contributed by atoms with Crippen LogP contribution in [-0.4, -0.2) is 30.5 Å². The minimum absolute atomic E-state index is 0.0933. The maximum Gasteiger partial charge on any atom is 0.417 e. The first-order chi connectivity index (χ1) is 14.2. The molecule has 1 aromatic heterocycles. The summed E-state index contributed by atoms with van der Waals surface area (Å²) in [5.74, 6) is -0.388. The molecular weight excluding hydrogens is 425 g/mol. The lowest BCUT2D eigenvalue weighted by Gasteiger charge is -2.25. The lowest BCUT2D eigenvalue weighted by atomic mass is 10.1. The van der Waals surface area contributed by atoms with Crippen molar-refractivity contribution in [3.63, 3.8) is 0 Å². The largest absolute Gasteiger partial charge is 0.477 e. The van der Waals surface area contributed by atoms with Gasteiger partial charge in [-0.05, 0) is 44.1 Å². The molecular formula is C20H20ClF3N2O4. The highest BCUT2D eigenvalue weighted by Gasteiger charge is 2.33. The van der Waals surface area contributed by atoms with Gasteiger partial charge in [-0.2, -0.15) is 13.2 Å². The van der Waals surface area contributed by atoms with Crippen LogP contribution in [0, 0.1) is 0 Å². The van der Waals surface area contributed by atoms with Gasteiger partial charge in [-0.25, -0.2) is 0 Å². The van der Waals surface area contributed by atoms with Gasteiger partial charge in [-0.15, -0.1) is 0 Å². The van der Waals surface area contributed by atoms with E-state index < -0.39 is 34.7 Å². The number of amides is 1. The molecule has 30 heavy (non-hydrogen) atoms. The van der Waals surface area contributed by atoms with Crippen molar-refractivity contribution in [1.29, 1.82) is 0 Å². The predicted octanol–water partition coefficient (Wildman–Crippen LogP) is 4.32. The summed E-state index contributed by atoms with van der Waals surface area (Å²) in [6.45, 7) is 1.85. The van der Waals surface area contributed by atoms with Crippen LogP contribution >= 0.6 is 11.6 Å². The summed E-state index contributed by atoms with van der Waals surface area (Å²) in [5.41, 5.74) is -1.59. The van der Waals surface area contributed by atoms with Crippen LogP contribution in [0.3, 0.4) is 0 Å². The number of ether oxygens (including phenoxy) is 1. The van der Waals surface area contributed by atoms with Crippen molar-refractivity contribution in [1.82, 2.24) is 4.90 Å². The third-order valence-corrected chi connectivity index (χ3v) is 4.92. The van der Waals surface area contributed by atoms with Gasteiger partial charge in [0, 0.05) is 11.8 Å². The highest BCUT2D eigenvalue weighted by atomic mass is 35.5. The van der Waals surface area contributed by atoms with Gasteiger partial charge in [-0.1, -0.05) is 18.0 Å². The van der Waals surface area contributed by atoms with E-state index in [0.29, 0.717) is 12.3 Å². The summed E-state index contributed by atoms with van der Waals surface area (Å²) in [5, 5.41) is 1.80. The zero-order valence-corrected chi connectivity index (χ0v) is 16.7. The Labute approximate surface area is 175 Å². The summed E-state index contributed by atoms with van der Waals surface area (Å²) in [6.07, 6.45) is -0.0950. The number of nitrogens with zero attached hydrogens (tertiary/aromatic N) is 1. The van der Waals surface area contributed by atoms with Gasteiger partial charge >= 0.3 is 6.18 Å². The first-order valence-corrected chi connectivity index (χ1v) is 9.73. The summed E-state index contributed by atoms with van der Waals surface area (Å²) in [7, 11) is 0. The second-order valence-electron chi connectivity index (χ2n) is 6.94. The Hall–Kier alpha value is -2.52. The number of hydrogen-bond donors (Lipinski definition) is 1. The molecule has 1 N–H and O–H groups in total. The van der Waals surface area contributed by atoms with Gasteiger partial charge in [0.05, 0.1) is 17.1 Å². The van der Waals surface area contributed by atoms with Gasteiger partial charge in [-0.3, -0.25) is 14.5 Å². The van der Waals surface area contributed by atoms with Crippen LogP contribution in [0.4, 0.5) is 18.9 Å². The van der Waals surface area contributed by atoms with Crippen LogP contribution in [0.2, 0.25) is 5.02 Å². The molecule has 0 radical (unpaired) electrons. The summed E-state index contributed by atoms with van der Waals surface area (Å²) in [4.78, 5) is 26.3. The Morgan fingerprint density at radius 1 is 1.20 bits per heavy atom. The smallest absolute Gasteiger partial charge is 0.417 e. The number of anilines is 1. The van der Waals surface area contributed by atoms with Crippen LogP contribution in [0.1, 0.15) is 30.6 Å². The van der Waals surface area contributed by atoms with Gasteiger partial charge in [0.25, 0.3) is 5.91 Å². The predicted molar refractivity (Wildman–Crippen MR) is 105 cm³/mol. The molecule has 0 bridgehead atoms. The Balaban J connectivity index is 1.56. The molecule has 1 amide bonds. The quantitative estimate of drug-likeness (QED) is 0.718. The van der Waals surface area contributed by atoms with Crippen molar-refractivity contribution in [3.8, 4) is 5.75 Å². The monoisotopic (exact) mass is 444 g/mol. The molecule has 1 aliphatic rings. The molecule has 2 heterocycles. The molecule has 3 rings (SSSR count). The molecule has 0 aliphatic carbocycles. The maximum atomic E-state index is 12.9. The molecule has 0 saturated carbocycles. The standard InChI is InChI=1S/C20H20ClF3N2O4/c21-16-5-4-13(8-15(16)20(22,23)24)25-19(28)12-30-18-11-29-14(9-17(18)27)10-26-6-2-1-3-7-26/h4-5,8-9,11H,1-3,6-7,10,12H2,(H,25,28). The van der Waals surface area contributed by atoms with Crippen molar-refractivity contribution < 1.29 is 27.1 Å². The lowest BCUT2D eigenvalue weighted by Crippen LogP contribution is -2.29. The fourth-order valence-electron chi connectivity index (χ4n) is 3.13. The Morgan fingerprint density at radius 3 is 2.60 bits per heavy atom. The van der Waals surface area contributed by atoms with Crippen molar-refractivity contribution in [2.45, 2.75) is 32.0 Å². The number of halogens is 4. The molecule has 10 heteroatoms. The van der Waals surface area contributed by atoms with Crippen molar-refractivity contribution >= 4 is 23.2 Å². The third kappa shape index (κ3) is 5.99. The fourth-order valence-corrected chi connectivity index (χ4v) is 3.35. The molecule has 1 aliphatic heterocycles. The topological polar surface area (TPSA) is 71.8 Å². The van der Waals surface area contributed by atoms with Crippen LogP contribution < -0.4 is 15.5 Å². The van der Waals surface area contributed by atoms with E-state index in [1.165, 1.54) is 18.6 Å². The van der Waals surface area contributed by atoms with Gasteiger partial charge < -0.3 is 14.5 Å². The second kappa shape index (κ2) is 9.53. The molecule has 1 fully saturated rings. The van der Waals surface area contributed by atoms with Crippen LogP contribution in [0.25, 0.3) is 0 Å². The summed E-state index contributed by atoms with van der Waals surface area (Å²) < 4.78 is 49.2. The van der Waals surface area contributed by atoms with Gasteiger partial charge in [0.2, 0.25) is 11.2 Å². The first-order valence-electron chi connectivity index (χ1n) is 9.36. The first kappa shape index (κ1) is 22.2. The average Bonchev–Trinajstić information content (AvgIpc) is 2.69. The minimum atomic E-state index is -4.65. The third-order valence-electron chi connectivity index (χ3n) is 4.59. The van der Waals surface area contributed by atoms with Crippen LogP contribution in [0.15, 0.2) is 39.7 Å². The number of benzene rings is 1. The number of piperidine rings is 1. The van der Waals surface area contributed by atoms with Gasteiger partial charge in [0.15, 0.2) is 6.61 Å². The highest BCUT2D eigenvalue weighted by molar-refractivity contribution is 6.31. The van der Waals surface area contributed by atoms with Crippen LogP contribution in [-0.2, 0) is 17.5 Å². The van der Waals surface area contributed by atoms with E-state index in [9.17, 15) is 22.8 Å². The van der Waals surface area contributed by atoms with E-state index in [-0.39, 0.29) is 11.4 Å². The fraction of sp³-hybridized carbons (Fsp3) is 0.400. The second-order valence-corrected chi connectivity index (χ2v) is 7.35. The van der Waals surface area contributed by atoms with E-state index in [4.69, 9.17) is 20.8 Å². The maximum absolute atomic E-state index is 12.9. The van der Waals surface area contributed by atoms with E-state index >= 15 is 0 Å². The molecule has 162 valence electrons. The molecule has 1 saturated heterocycles. The summed E-state index contributed by atoms with van der Waals surface area (Å²) in [6, 6.07) is 4.32. The number of likely N-dealkylation sites (tertiary alicyclic amines) is 1.